The Kier molecular flexibility index (Phi) is 11.8. The molecule has 0 aliphatic heterocycles. The van der Waals surface area contributed by atoms with E-state index in [4.69, 9.17) is 8.37 Å². The van der Waals surface area contributed by atoms with Crippen molar-refractivity contribution >= 4 is 68.7 Å². The number of H-pyrrole nitrogens is 1. The summed E-state index contributed by atoms with van der Waals surface area (Å²) in [6.07, 6.45) is 0. The highest BCUT2D eigenvalue weighted by atomic mass is 32.2. The van der Waals surface area contributed by atoms with E-state index in [1.807, 2.05) is 18.2 Å². The van der Waals surface area contributed by atoms with E-state index in [9.17, 15) is 18.0 Å². The first-order valence-corrected chi connectivity index (χ1v) is 19.1. The fourth-order valence-corrected chi connectivity index (χ4v) is 6.59. The number of amides is 4. The van der Waals surface area contributed by atoms with Crippen molar-refractivity contribution in [3.8, 4) is 11.5 Å². The molecule has 6 rings (SSSR count). The van der Waals surface area contributed by atoms with Gasteiger partial charge in [0.1, 0.15) is 11.5 Å². The standard InChI is InChI=1S/C37H40N10O6S2/c1-23-16-17-29(52-54(50)45-24(2)34-43-42-33-22-32(37(3,4)5)44-47(33)34)21-31(23)46-55(51)53-30-19-27(40-35(48)38-25-12-8-6-9-13-25)18-28(20-30)41-36(49)39-26-14-10-7-11-15-26/h6-22,24,44-46H,1-5H3,(H2,38,40,48)(H2,39,41,49). The van der Waals surface area contributed by atoms with Gasteiger partial charge < -0.3 is 29.6 Å². The average Bonchev–Trinajstić information content (AvgIpc) is 3.72. The van der Waals surface area contributed by atoms with E-state index in [-0.39, 0.29) is 28.3 Å². The maximum atomic E-state index is 13.3. The van der Waals surface area contributed by atoms with E-state index in [0.29, 0.717) is 34.1 Å². The van der Waals surface area contributed by atoms with Crippen LogP contribution in [0.15, 0.2) is 103 Å². The summed E-state index contributed by atoms with van der Waals surface area (Å²) < 4.78 is 45.1. The van der Waals surface area contributed by atoms with Crippen LogP contribution in [0.1, 0.15) is 50.8 Å². The molecule has 0 saturated carbocycles. The number of benzene rings is 4. The molecule has 4 amide bonds. The fourth-order valence-electron chi connectivity index (χ4n) is 5.15. The Morgan fingerprint density at radius 2 is 1.27 bits per heavy atom. The highest BCUT2D eigenvalue weighted by Crippen LogP contribution is 2.28. The maximum Gasteiger partial charge on any atom is 0.323 e. The van der Waals surface area contributed by atoms with Gasteiger partial charge in [0.05, 0.1) is 11.7 Å². The highest BCUT2D eigenvalue weighted by molar-refractivity contribution is 7.82. The SMILES string of the molecule is Cc1ccc(OS(=O)NC(C)c2nnc3cc(C(C)(C)C)[nH]n23)cc1NS(=O)Oc1cc(NC(=O)Nc2ccccc2)cc(NC(=O)Nc2ccccc2)c1. The Bertz CT molecular complexity index is 2270. The Morgan fingerprint density at radius 3 is 1.85 bits per heavy atom. The van der Waals surface area contributed by atoms with Crippen LogP contribution in [0.3, 0.4) is 0 Å². The lowest BCUT2D eigenvalue weighted by atomic mass is 9.93. The van der Waals surface area contributed by atoms with Crippen molar-refractivity contribution in [1.82, 2.24) is 24.5 Å². The monoisotopic (exact) mass is 784 g/mol. The number of aryl methyl sites for hydroxylation is 1. The summed E-state index contributed by atoms with van der Waals surface area (Å²) in [4.78, 5) is 25.6. The van der Waals surface area contributed by atoms with Crippen LogP contribution in [0.5, 0.6) is 11.5 Å². The number of para-hydroxylation sites is 2. The quantitative estimate of drug-likeness (QED) is 0.0630. The van der Waals surface area contributed by atoms with Gasteiger partial charge in [0.2, 0.25) is 0 Å². The van der Waals surface area contributed by atoms with Gasteiger partial charge in [0.15, 0.2) is 11.5 Å². The number of carbonyl (C=O) groups excluding carboxylic acids is 2. The minimum absolute atomic E-state index is 0.0574. The summed E-state index contributed by atoms with van der Waals surface area (Å²) in [5.74, 6) is 0.797. The van der Waals surface area contributed by atoms with Crippen molar-refractivity contribution in [1.29, 1.82) is 0 Å². The molecule has 2 aromatic heterocycles. The fraction of sp³-hybridized carbons (Fsp3) is 0.189. The number of hydrogen-bond acceptors (Lipinski definition) is 8. The van der Waals surface area contributed by atoms with Crippen LogP contribution in [0.4, 0.5) is 38.0 Å². The first-order valence-electron chi connectivity index (χ1n) is 17.0. The van der Waals surface area contributed by atoms with Crippen molar-refractivity contribution < 1.29 is 26.4 Å². The molecule has 18 heteroatoms. The van der Waals surface area contributed by atoms with E-state index in [0.717, 1.165) is 5.69 Å². The number of urea groups is 2. The number of hydrogen-bond donors (Lipinski definition) is 7. The molecule has 0 bridgehead atoms. The van der Waals surface area contributed by atoms with E-state index < -0.39 is 40.6 Å². The molecule has 2 heterocycles. The van der Waals surface area contributed by atoms with Crippen molar-refractivity contribution in [3.05, 3.63) is 120 Å². The summed E-state index contributed by atoms with van der Waals surface area (Å²) in [5.41, 5.74) is 4.17. The van der Waals surface area contributed by atoms with Crippen molar-refractivity contribution in [2.24, 2.45) is 0 Å². The number of aromatic nitrogens is 4. The molecule has 16 nitrogen and oxygen atoms in total. The number of fused-ring (bicyclic) bond motifs is 1. The minimum atomic E-state index is -2.18. The molecule has 4 aromatic carbocycles. The molecule has 0 aliphatic rings. The van der Waals surface area contributed by atoms with Gasteiger partial charge in [0, 0.05) is 58.1 Å². The molecule has 6 aromatic rings. The first kappa shape index (κ1) is 38.5. The molecule has 3 unspecified atom stereocenters. The van der Waals surface area contributed by atoms with Gasteiger partial charge in [-0.3, -0.25) is 9.82 Å². The number of nitrogens with zero attached hydrogens (tertiary/aromatic N) is 3. The third kappa shape index (κ3) is 10.5. The molecular formula is C37H40N10O6S2. The molecule has 55 heavy (non-hydrogen) atoms. The van der Waals surface area contributed by atoms with Crippen LogP contribution < -0.4 is 39.1 Å². The Morgan fingerprint density at radius 1 is 0.709 bits per heavy atom. The van der Waals surface area contributed by atoms with E-state index in [2.05, 4.69) is 66.8 Å². The highest BCUT2D eigenvalue weighted by Gasteiger charge is 2.22. The second-order valence-electron chi connectivity index (χ2n) is 13.4. The van der Waals surface area contributed by atoms with Crippen LogP contribution in [0, 0.1) is 6.92 Å². The molecule has 0 fully saturated rings. The van der Waals surface area contributed by atoms with E-state index in [1.54, 1.807) is 79.0 Å². The van der Waals surface area contributed by atoms with E-state index in [1.165, 1.54) is 24.3 Å². The summed E-state index contributed by atoms with van der Waals surface area (Å²) in [6, 6.07) is 27.3. The summed E-state index contributed by atoms with van der Waals surface area (Å²) in [6.45, 7) is 9.81. The number of nitrogens with one attached hydrogen (secondary N) is 7. The minimum Gasteiger partial charge on any atom is -0.389 e. The predicted molar refractivity (Wildman–Crippen MR) is 215 cm³/mol. The zero-order valence-corrected chi connectivity index (χ0v) is 32.1. The summed E-state index contributed by atoms with van der Waals surface area (Å²) in [7, 11) is 0. The third-order valence-electron chi connectivity index (χ3n) is 7.92. The van der Waals surface area contributed by atoms with Gasteiger partial charge in [-0.15, -0.1) is 10.2 Å². The molecule has 0 spiro atoms. The third-order valence-corrected chi connectivity index (χ3v) is 9.54. The number of carbonyl (C=O) groups is 2. The predicted octanol–water partition coefficient (Wildman–Crippen LogP) is 7.33. The van der Waals surface area contributed by atoms with Crippen LogP contribution >= 0.6 is 0 Å². The molecule has 286 valence electrons. The Balaban J connectivity index is 1.12. The lowest BCUT2D eigenvalue weighted by molar-refractivity contribution is 0.261. The molecule has 0 radical (unpaired) electrons. The van der Waals surface area contributed by atoms with Crippen LogP contribution in [0.2, 0.25) is 0 Å². The van der Waals surface area contributed by atoms with Gasteiger partial charge in [-0.1, -0.05) is 63.2 Å². The molecule has 7 N–H and O–H groups in total. The average molecular weight is 785 g/mol. The van der Waals surface area contributed by atoms with Gasteiger partial charge in [-0.25, -0.2) is 14.1 Å². The summed E-state index contributed by atoms with van der Waals surface area (Å²) in [5, 5.41) is 22.6. The van der Waals surface area contributed by atoms with Gasteiger partial charge >= 0.3 is 23.3 Å². The zero-order chi connectivity index (χ0) is 39.1. The Hall–Kier alpha value is -6.24. The number of anilines is 5. The van der Waals surface area contributed by atoms with Crippen molar-refractivity contribution in [2.45, 2.75) is 46.1 Å². The van der Waals surface area contributed by atoms with Gasteiger partial charge in [-0.05, 0) is 55.8 Å². The normalized spacial score (nSPS) is 13.0. The molecule has 0 saturated heterocycles. The largest absolute Gasteiger partial charge is 0.389 e. The summed E-state index contributed by atoms with van der Waals surface area (Å²) >= 11 is -4.18. The molecule has 0 aliphatic carbocycles. The number of rotatable bonds is 13. The second-order valence-corrected chi connectivity index (χ2v) is 15.1. The molecular weight excluding hydrogens is 745 g/mol. The van der Waals surface area contributed by atoms with Gasteiger partial charge in [-0.2, -0.15) is 13.1 Å². The lowest BCUT2D eigenvalue weighted by Gasteiger charge is -2.16. The van der Waals surface area contributed by atoms with Crippen molar-refractivity contribution in [3.63, 3.8) is 0 Å². The zero-order valence-electron chi connectivity index (χ0n) is 30.5. The smallest absolute Gasteiger partial charge is 0.323 e. The second kappa shape index (κ2) is 16.8. The lowest BCUT2D eigenvalue weighted by Crippen LogP contribution is -2.26. The van der Waals surface area contributed by atoms with Crippen molar-refractivity contribution in [2.75, 3.05) is 26.0 Å². The molecule has 3 atom stereocenters. The van der Waals surface area contributed by atoms with E-state index >= 15 is 0 Å². The van der Waals surface area contributed by atoms with Crippen LogP contribution in [0.25, 0.3) is 5.65 Å². The van der Waals surface area contributed by atoms with Gasteiger partial charge in [0.25, 0.3) is 11.3 Å². The Labute approximate surface area is 322 Å². The first-order chi connectivity index (χ1) is 26.3. The number of aromatic amines is 1. The van der Waals surface area contributed by atoms with Crippen LogP contribution in [-0.2, 0) is 27.9 Å². The maximum absolute atomic E-state index is 13.3. The van der Waals surface area contributed by atoms with Crippen LogP contribution in [-0.4, -0.2) is 40.3 Å². The topological polar surface area (TPSA) is 205 Å².